The summed E-state index contributed by atoms with van der Waals surface area (Å²) in [5, 5.41) is 2.99. The van der Waals surface area contributed by atoms with Crippen LogP contribution in [0.15, 0.2) is 42.5 Å². The first-order chi connectivity index (χ1) is 10.6. The van der Waals surface area contributed by atoms with E-state index in [4.69, 9.17) is 9.47 Å². The zero-order valence-corrected chi connectivity index (χ0v) is 14.9. The molecular formula is C17H18INO3. The molecule has 1 unspecified atom stereocenters. The predicted molar refractivity (Wildman–Crippen MR) is 94.6 cm³/mol. The summed E-state index contributed by atoms with van der Waals surface area (Å²) in [5.74, 6) is 1.14. The standard InChI is InChI=1S/C17H18INO3/c1-11(14-10-12(18)8-9-16(14)22-3)19-17(20)13-6-4-5-7-15(13)21-2/h4-11H,1-3H3,(H,19,20). The fraction of sp³-hybridized carbons (Fsp3) is 0.235. The van der Waals surface area contributed by atoms with Gasteiger partial charge < -0.3 is 14.8 Å². The van der Waals surface area contributed by atoms with E-state index in [9.17, 15) is 4.79 Å². The van der Waals surface area contributed by atoms with Crippen LogP contribution in [0.5, 0.6) is 11.5 Å². The van der Waals surface area contributed by atoms with Crippen molar-refractivity contribution in [1.29, 1.82) is 0 Å². The third-order valence-electron chi connectivity index (χ3n) is 3.36. The van der Waals surface area contributed by atoms with Gasteiger partial charge in [-0.1, -0.05) is 12.1 Å². The molecule has 2 aromatic rings. The van der Waals surface area contributed by atoms with Crippen molar-refractivity contribution < 1.29 is 14.3 Å². The lowest BCUT2D eigenvalue weighted by Gasteiger charge is -2.18. The minimum atomic E-state index is -0.179. The number of rotatable bonds is 5. The smallest absolute Gasteiger partial charge is 0.255 e. The Labute approximate surface area is 144 Å². The maximum Gasteiger partial charge on any atom is 0.255 e. The summed E-state index contributed by atoms with van der Waals surface area (Å²) in [6, 6.07) is 12.9. The molecule has 2 rings (SSSR count). The number of halogens is 1. The molecule has 0 aliphatic rings. The maximum absolute atomic E-state index is 12.5. The average Bonchev–Trinajstić information content (AvgIpc) is 2.54. The highest BCUT2D eigenvalue weighted by Crippen LogP contribution is 2.27. The molecule has 0 aliphatic heterocycles. The average molecular weight is 411 g/mol. The molecule has 22 heavy (non-hydrogen) atoms. The van der Waals surface area contributed by atoms with Crippen LogP contribution in [-0.2, 0) is 0 Å². The molecule has 4 nitrogen and oxygen atoms in total. The van der Waals surface area contributed by atoms with Gasteiger partial charge in [0.15, 0.2) is 0 Å². The molecular weight excluding hydrogens is 393 g/mol. The molecule has 1 N–H and O–H groups in total. The number of para-hydroxylation sites is 1. The second-order valence-corrected chi connectivity index (χ2v) is 6.03. The van der Waals surface area contributed by atoms with Gasteiger partial charge in [0.1, 0.15) is 11.5 Å². The number of benzene rings is 2. The van der Waals surface area contributed by atoms with Gasteiger partial charge in [-0.2, -0.15) is 0 Å². The molecule has 0 bridgehead atoms. The molecule has 0 aromatic heterocycles. The zero-order valence-electron chi connectivity index (χ0n) is 12.7. The molecule has 0 saturated carbocycles. The summed E-state index contributed by atoms with van der Waals surface area (Å²) in [7, 11) is 3.18. The van der Waals surface area contributed by atoms with Crippen LogP contribution in [0.3, 0.4) is 0 Å². The second-order valence-electron chi connectivity index (χ2n) is 4.78. The lowest BCUT2D eigenvalue weighted by atomic mass is 10.1. The van der Waals surface area contributed by atoms with E-state index in [1.165, 1.54) is 0 Å². The first kappa shape index (κ1) is 16.6. The molecule has 0 spiro atoms. The van der Waals surface area contributed by atoms with Gasteiger partial charge >= 0.3 is 0 Å². The van der Waals surface area contributed by atoms with Gasteiger partial charge in [0.2, 0.25) is 0 Å². The minimum Gasteiger partial charge on any atom is -0.496 e. The Morgan fingerprint density at radius 1 is 1.09 bits per heavy atom. The largest absolute Gasteiger partial charge is 0.496 e. The number of hydrogen-bond donors (Lipinski definition) is 1. The van der Waals surface area contributed by atoms with Gasteiger partial charge in [0, 0.05) is 9.13 Å². The number of ether oxygens (including phenoxy) is 2. The van der Waals surface area contributed by atoms with Gasteiger partial charge in [-0.05, 0) is 59.8 Å². The molecule has 0 radical (unpaired) electrons. The fourth-order valence-corrected chi connectivity index (χ4v) is 2.74. The fourth-order valence-electron chi connectivity index (χ4n) is 2.23. The second kappa shape index (κ2) is 7.49. The van der Waals surface area contributed by atoms with E-state index in [0.717, 1.165) is 14.9 Å². The molecule has 2 aromatic carbocycles. The monoisotopic (exact) mass is 411 g/mol. The molecule has 0 saturated heterocycles. The van der Waals surface area contributed by atoms with Crippen molar-refractivity contribution in [3.63, 3.8) is 0 Å². The van der Waals surface area contributed by atoms with Crippen LogP contribution in [0.25, 0.3) is 0 Å². The Hall–Kier alpha value is -1.76. The normalized spacial score (nSPS) is 11.6. The van der Waals surface area contributed by atoms with Crippen LogP contribution >= 0.6 is 22.6 Å². The number of methoxy groups -OCH3 is 2. The lowest BCUT2D eigenvalue weighted by Crippen LogP contribution is -2.27. The van der Waals surface area contributed by atoms with Crippen LogP contribution in [0.4, 0.5) is 0 Å². The van der Waals surface area contributed by atoms with Crippen molar-refractivity contribution in [2.45, 2.75) is 13.0 Å². The van der Waals surface area contributed by atoms with Crippen LogP contribution in [-0.4, -0.2) is 20.1 Å². The number of nitrogens with one attached hydrogen (secondary N) is 1. The quantitative estimate of drug-likeness (QED) is 0.762. The summed E-state index contributed by atoms with van der Waals surface area (Å²) < 4.78 is 11.7. The van der Waals surface area contributed by atoms with E-state index in [-0.39, 0.29) is 11.9 Å². The molecule has 0 fully saturated rings. The number of carbonyl (C=O) groups excluding carboxylic acids is 1. The molecule has 1 atom stereocenters. The lowest BCUT2D eigenvalue weighted by molar-refractivity contribution is 0.0936. The van der Waals surface area contributed by atoms with Crippen LogP contribution in [0, 0.1) is 3.57 Å². The zero-order chi connectivity index (χ0) is 16.1. The summed E-state index contributed by atoms with van der Waals surface area (Å²) >= 11 is 2.24. The number of carbonyl (C=O) groups is 1. The maximum atomic E-state index is 12.5. The third-order valence-corrected chi connectivity index (χ3v) is 4.03. The highest BCUT2D eigenvalue weighted by molar-refractivity contribution is 14.1. The summed E-state index contributed by atoms with van der Waals surface area (Å²) in [6.07, 6.45) is 0. The topological polar surface area (TPSA) is 47.6 Å². The van der Waals surface area contributed by atoms with Gasteiger partial charge in [0.25, 0.3) is 5.91 Å². The van der Waals surface area contributed by atoms with Crippen molar-refractivity contribution >= 4 is 28.5 Å². The highest BCUT2D eigenvalue weighted by atomic mass is 127. The summed E-state index contributed by atoms with van der Waals surface area (Å²) in [6.45, 7) is 1.93. The van der Waals surface area contributed by atoms with E-state index in [0.29, 0.717) is 11.3 Å². The van der Waals surface area contributed by atoms with Crippen LogP contribution < -0.4 is 14.8 Å². The van der Waals surface area contributed by atoms with Crippen LogP contribution in [0.2, 0.25) is 0 Å². The Balaban J connectivity index is 2.23. The number of amides is 1. The summed E-state index contributed by atoms with van der Waals surface area (Å²) in [4.78, 5) is 12.5. The molecule has 0 heterocycles. The Bertz CT molecular complexity index is 673. The molecule has 0 aliphatic carbocycles. The van der Waals surface area contributed by atoms with E-state index >= 15 is 0 Å². The first-order valence-corrected chi connectivity index (χ1v) is 7.92. The van der Waals surface area contributed by atoms with Gasteiger partial charge in [-0.3, -0.25) is 4.79 Å². The van der Waals surface area contributed by atoms with Crippen molar-refractivity contribution in [1.82, 2.24) is 5.32 Å². The SMILES string of the molecule is COc1ccccc1C(=O)NC(C)c1cc(I)ccc1OC. The third kappa shape index (κ3) is 3.71. The van der Waals surface area contributed by atoms with E-state index in [1.807, 2.05) is 37.3 Å². The van der Waals surface area contributed by atoms with Gasteiger partial charge in [-0.25, -0.2) is 0 Å². The highest BCUT2D eigenvalue weighted by Gasteiger charge is 2.17. The molecule has 116 valence electrons. The van der Waals surface area contributed by atoms with Crippen molar-refractivity contribution in [3.05, 3.63) is 57.2 Å². The van der Waals surface area contributed by atoms with Crippen molar-refractivity contribution in [2.75, 3.05) is 14.2 Å². The van der Waals surface area contributed by atoms with E-state index in [2.05, 4.69) is 27.9 Å². The van der Waals surface area contributed by atoms with Gasteiger partial charge in [0.05, 0.1) is 25.8 Å². The Morgan fingerprint density at radius 2 is 1.77 bits per heavy atom. The molecule has 1 amide bonds. The van der Waals surface area contributed by atoms with Crippen LogP contribution in [0.1, 0.15) is 28.9 Å². The van der Waals surface area contributed by atoms with Crippen molar-refractivity contribution in [3.8, 4) is 11.5 Å². The van der Waals surface area contributed by atoms with E-state index in [1.54, 1.807) is 26.4 Å². The predicted octanol–water partition coefficient (Wildman–Crippen LogP) is 3.80. The van der Waals surface area contributed by atoms with E-state index < -0.39 is 0 Å². The minimum absolute atomic E-state index is 0.175. The van der Waals surface area contributed by atoms with Gasteiger partial charge in [-0.15, -0.1) is 0 Å². The Morgan fingerprint density at radius 3 is 2.45 bits per heavy atom. The first-order valence-electron chi connectivity index (χ1n) is 6.84. The Kier molecular flexibility index (Phi) is 5.65. The number of hydrogen-bond acceptors (Lipinski definition) is 3. The molecule has 5 heteroatoms. The van der Waals surface area contributed by atoms with Crippen molar-refractivity contribution in [2.24, 2.45) is 0 Å². The summed E-state index contributed by atoms with van der Waals surface area (Å²) in [5.41, 5.74) is 1.46.